The van der Waals surface area contributed by atoms with Crippen LogP contribution in [0.5, 0.6) is 0 Å². The van der Waals surface area contributed by atoms with Crippen LogP contribution < -0.4 is 0 Å². The molecule has 8 heteroatoms. The van der Waals surface area contributed by atoms with Gasteiger partial charge in [0.15, 0.2) is 0 Å². The molecule has 0 aliphatic carbocycles. The number of carbonyl (C=O) groups excluding carboxylic acids is 1. The minimum Gasteiger partial charge on any atom is -0.466 e. The fourth-order valence-electron chi connectivity index (χ4n) is 4.85. The number of hydrogen-bond acceptors (Lipinski definition) is 5. The first-order valence-electron chi connectivity index (χ1n) is 12.7. The first-order valence-corrected chi connectivity index (χ1v) is 13.1. The zero-order chi connectivity index (χ0) is 26.1. The molecule has 1 aliphatic heterocycles. The number of β-amino-alcohol motifs (C(OH)–C–C–N with tert-alkyl or cyclic N) is 1. The van der Waals surface area contributed by atoms with Crippen molar-refractivity contribution >= 4 is 17.6 Å². The van der Waals surface area contributed by atoms with Crippen LogP contribution in [0.2, 0.25) is 5.02 Å². The Bertz CT molecular complexity index is 1010. The maximum absolute atomic E-state index is 14.1. The highest BCUT2D eigenvalue weighted by atomic mass is 35.5. The number of aryl methyl sites for hydroxylation is 1. The minimum absolute atomic E-state index is 0.102. The lowest BCUT2D eigenvalue weighted by Gasteiger charge is -2.28. The van der Waals surface area contributed by atoms with Crippen molar-refractivity contribution in [3.8, 4) is 0 Å². The number of benzene rings is 2. The van der Waals surface area contributed by atoms with E-state index in [1.807, 2.05) is 13.0 Å². The van der Waals surface area contributed by atoms with Crippen LogP contribution in [-0.2, 0) is 27.1 Å². The van der Waals surface area contributed by atoms with Gasteiger partial charge in [-0.25, -0.2) is 8.78 Å². The molecule has 1 fully saturated rings. The third-order valence-corrected chi connectivity index (χ3v) is 6.93. The average Bonchev–Trinajstić information content (AvgIpc) is 3.27. The fourth-order valence-corrected chi connectivity index (χ4v) is 4.96. The highest BCUT2D eigenvalue weighted by Gasteiger charge is 2.27. The summed E-state index contributed by atoms with van der Waals surface area (Å²) in [6.07, 6.45) is 2.78. The summed E-state index contributed by atoms with van der Waals surface area (Å²) < 4.78 is 39.0. The van der Waals surface area contributed by atoms with E-state index in [9.17, 15) is 18.7 Å². The van der Waals surface area contributed by atoms with Crippen LogP contribution in [0.25, 0.3) is 0 Å². The molecular weight excluding hydrogens is 488 g/mol. The minimum atomic E-state index is -0.724. The SMILES string of the molecule is CCOC(=O)CCc1ccc(F)cc1[C@@H](CC)OC[C@H](O)CN1CCC[C@H]1Cc1ccc(Cl)c(F)c1. The van der Waals surface area contributed by atoms with Crippen LogP contribution in [0, 0.1) is 11.6 Å². The van der Waals surface area contributed by atoms with Gasteiger partial charge in [0, 0.05) is 19.0 Å². The number of aliphatic hydroxyl groups excluding tert-OH is 1. The van der Waals surface area contributed by atoms with Crippen molar-refractivity contribution in [1.82, 2.24) is 4.90 Å². The second-order valence-corrected chi connectivity index (χ2v) is 9.68. The van der Waals surface area contributed by atoms with Crippen molar-refractivity contribution in [3.63, 3.8) is 0 Å². The molecule has 0 aromatic heterocycles. The second kappa shape index (κ2) is 14.0. The lowest BCUT2D eigenvalue weighted by Crippen LogP contribution is -2.39. The predicted molar refractivity (Wildman–Crippen MR) is 136 cm³/mol. The largest absolute Gasteiger partial charge is 0.466 e. The van der Waals surface area contributed by atoms with Crippen molar-refractivity contribution in [3.05, 3.63) is 69.7 Å². The molecule has 1 heterocycles. The van der Waals surface area contributed by atoms with E-state index >= 15 is 0 Å². The Morgan fingerprint density at radius 3 is 2.75 bits per heavy atom. The average molecular weight is 524 g/mol. The summed E-state index contributed by atoms with van der Waals surface area (Å²) in [5, 5.41) is 10.9. The number of esters is 1. The van der Waals surface area contributed by atoms with Gasteiger partial charge < -0.3 is 14.6 Å². The molecule has 0 amide bonds. The lowest BCUT2D eigenvalue weighted by molar-refractivity contribution is -0.143. The number of likely N-dealkylation sites (tertiary alicyclic amines) is 1. The molecule has 0 spiro atoms. The third kappa shape index (κ3) is 8.23. The Morgan fingerprint density at radius 1 is 1.22 bits per heavy atom. The van der Waals surface area contributed by atoms with Gasteiger partial charge in [0.05, 0.1) is 30.4 Å². The van der Waals surface area contributed by atoms with Crippen molar-refractivity contribution in [2.24, 2.45) is 0 Å². The molecule has 36 heavy (non-hydrogen) atoms. The van der Waals surface area contributed by atoms with Gasteiger partial charge in [0.1, 0.15) is 11.6 Å². The maximum Gasteiger partial charge on any atom is 0.306 e. The monoisotopic (exact) mass is 523 g/mol. The number of nitrogens with zero attached hydrogens (tertiary/aromatic N) is 1. The zero-order valence-corrected chi connectivity index (χ0v) is 21.8. The Morgan fingerprint density at radius 2 is 2.03 bits per heavy atom. The Kier molecular flexibility index (Phi) is 11.1. The molecule has 3 rings (SSSR count). The van der Waals surface area contributed by atoms with Gasteiger partial charge in [-0.1, -0.05) is 30.7 Å². The lowest BCUT2D eigenvalue weighted by atomic mass is 9.97. The van der Waals surface area contributed by atoms with Crippen LogP contribution in [0.1, 0.15) is 62.3 Å². The van der Waals surface area contributed by atoms with Crippen molar-refractivity contribution < 1.29 is 28.2 Å². The van der Waals surface area contributed by atoms with Crippen LogP contribution in [0.4, 0.5) is 8.78 Å². The van der Waals surface area contributed by atoms with Crippen molar-refractivity contribution in [2.75, 3.05) is 26.3 Å². The number of rotatable bonds is 13. The Labute approximate surface area is 217 Å². The normalized spacial score (nSPS) is 17.8. The summed E-state index contributed by atoms with van der Waals surface area (Å²) in [6, 6.07) is 9.61. The quantitative estimate of drug-likeness (QED) is 0.344. The van der Waals surface area contributed by atoms with Crippen LogP contribution in [0.3, 0.4) is 0 Å². The molecule has 198 valence electrons. The first kappa shape index (κ1) is 28.5. The summed E-state index contributed by atoms with van der Waals surface area (Å²) in [5.74, 6) is -1.08. The van der Waals surface area contributed by atoms with E-state index in [-0.39, 0.29) is 35.9 Å². The van der Waals surface area contributed by atoms with E-state index in [4.69, 9.17) is 21.1 Å². The molecule has 0 unspecified atom stereocenters. The Hall–Kier alpha value is -2.06. The fraction of sp³-hybridized carbons (Fsp3) is 0.536. The van der Waals surface area contributed by atoms with E-state index in [2.05, 4.69) is 4.90 Å². The van der Waals surface area contributed by atoms with Crippen LogP contribution in [0.15, 0.2) is 36.4 Å². The first-order chi connectivity index (χ1) is 17.3. The van der Waals surface area contributed by atoms with Crippen LogP contribution >= 0.6 is 11.6 Å². The molecule has 5 nitrogen and oxygen atoms in total. The standard InChI is InChI=1S/C28H36ClF2NO4/c1-3-27(24-16-21(30)10-8-20(24)9-12-28(34)35-4-2)36-18-23(33)17-32-13-5-6-22(32)14-19-7-11-25(29)26(31)15-19/h7-8,10-11,15-16,22-23,27,33H,3-6,9,12-14,17-18H2,1-2H3/t22-,23+,27+/m0/s1. The zero-order valence-electron chi connectivity index (χ0n) is 21.0. The van der Waals surface area contributed by atoms with E-state index in [0.29, 0.717) is 38.0 Å². The molecule has 1 saturated heterocycles. The van der Waals surface area contributed by atoms with Crippen molar-refractivity contribution in [1.29, 1.82) is 0 Å². The smallest absolute Gasteiger partial charge is 0.306 e. The van der Waals surface area contributed by atoms with Gasteiger partial charge in [-0.2, -0.15) is 0 Å². The molecule has 0 radical (unpaired) electrons. The topological polar surface area (TPSA) is 59.0 Å². The summed E-state index contributed by atoms with van der Waals surface area (Å²) in [6.45, 7) is 5.42. The number of aliphatic hydroxyl groups is 1. The Balaban J connectivity index is 1.57. The number of halogens is 3. The highest BCUT2D eigenvalue weighted by Crippen LogP contribution is 2.28. The molecular formula is C28H36ClF2NO4. The summed E-state index contributed by atoms with van der Waals surface area (Å²) >= 11 is 5.80. The van der Waals surface area contributed by atoms with Gasteiger partial charge in [-0.05, 0) is 86.5 Å². The van der Waals surface area contributed by atoms with Gasteiger partial charge in [-0.15, -0.1) is 0 Å². The van der Waals surface area contributed by atoms with Gasteiger partial charge in [0.25, 0.3) is 0 Å². The molecule has 1 N–H and O–H groups in total. The number of ether oxygens (including phenoxy) is 2. The number of hydrogen-bond donors (Lipinski definition) is 1. The molecule has 2 aromatic carbocycles. The number of carbonyl (C=O) groups is 1. The molecule has 3 atom stereocenters. The van der Waals surface area contributed by atoms with Gasteiger partial charge in [0.2, 0.25) is 0 Å². The summed E-state index contributed by atoms with van der Waals surface area (Å²) in [5.41, 5.74) is 2.41. The highest BCUT2D eigenvalue weighted by molar-refractivity contribution is 6.30. The third-order valence-electron chi connectivity index (χ3n) is 6.62. The van der Waals surface area contributed by atoms with Crippen LogP contribution in [-0.4, -0.2) is 54.4 Å². The molecule has 1 aliphatic rings. The van der Waals surface area contributed by atoms with E-state index in [1.165, 1.54) is 18.2 Å². The predicted octanol–water partition coefficient (Wildman–Crippen LogP) is 5.65. The molecule has 2 aromatic rings. The van der Waals surface area contributed by atoms with E-state index in [0.717, 1.165) is 30.5 Å². The molecule has 0 bridgehead atoms. The van der Waals surface area contributed by atoms with Crippen molar-refractivity contribution in [2.45, 2.75) is 70.6 Å². The summed E-state index contributed by atoms with van der Waals surface area (Å²) in [4.78, 5) is 14.0. The maximum atomic E-state index is 14.1. The summed E-state index contributed by atoms with van der Waals surface area (Å²) in [7, 11) is 0. The van der Waals surface area contributed by atoms with Gasteiger partial charge >= 0.3 is 5.97 Å². The van der Waals surface area contributed by atoms with E-state index in [1.54, 1.807) is 19.1 Å². The van der Waals surface area contributed by atoms with E-state index < -0.39 is 18.0 Å². The van der Waals surface area contributed by atoms with Gasteiger partial charge in [-0.3, -0.25) is 9.69 Å². The molecule has 0 saturated carbocycles. The second-order valence-electron chi connectivity index (χ2n) is 9.28.